The Morgan fingerprint density at radius 1 is 1.19 bits per heavy atom. The lowest BCUT2D eigenvalue weighted by Gasteiger charge is -2.24. The third kappa shape index (κ3) is 7.48. The number of nitrogens with zero attached hydrogens (tertiary/aromatic N) is 1. The van der Waals surface area contributed by atoms with E-state index in [4.69, 9.17) is 0 Å². The van der Waals surface area contributed by atoms with E-state index < -0.39 is 12.7 Å². The highest BCUT2D eigenvalue weighted by Gasteiger charge is 2.29. The lowest BCUT2D eigenvalue weighted by Crippen LogP contribution is -2.34. The van der Waals surface area contributed by atoms with Crippen LogP contribution < -0.4 is 5.32 Å². The Balaban J connectivity index is 2.60. The molecule has 0 fully saturated rings. The Labute approximate surface area is 125 Å². The lowest BCUT2D eigenvalue weighted by atomic mass is 10.0. The van der Waals surface area contributed by atoms with Gasteiger partial charge in [0.25, 0.3) is 0 Å². The minimum absolute atomic E-state index is 0.0984. The molecule has 1 rings (SSSR count). The van der Waals surface area contributed by atoms with Gasteiger partial charge in [0, 0.05) is 6.04 Å². The molecule has 0 aromatic heterocycles. The maximum Gasteiger partial charge on any atom is 0.401 e. The Kier molecular flexibility index (Phi) is 7.18. The van der Waals surface area contributed by atoms with Gasteiger partial charge in [0.1, 0.15) is 0 Å². The van der Waals surface area contributed by atoms with Gasteiger partial charge in [0.15, 0.2) is 0 Å². The molecule has 120 valence electrons. The fourth-order valence-corrected chi connectivity index (χ4v) is 2.24. The monoisotopic (exact) mass is 302 g/mol. The van der Waals surface area contributed by atoms with Crippen molar-refractivity contribution in [3.8, 4) is 0 Å². The molecule has 2 nitrogen and oxygen atoms in total. The molecule has 0 aliphatic rings. The smallest absolute Gasteiger partial charge is 0.310 e. The summed E-state index contributed by atoms with van der Waals surface area (Å²) in [6.45, 7) is 4.52. The molecule has 0 radical (unpaired) electrons. The molecule has 1 aromatic carbocycles. The standard InChI is InChI=1S/C16H25F3N2/c1-4-10-20-15(14-7-5-13(2)6-8-14)9-11-21(3)12-16(17,18)19/h5-8,15,20H,4,9-12H2,1-3H3. The van der Waals surface area contributed by atoms with Gasteiger partial charge >= 0.3 is 6.18 Å². The quantitative estimate of drug-likeness (QED) is 0.783. The highest BCUT2D eigenvalue weighted by Crippen LogP contribution is 2.20. The van der Waals surface area contributed by atoms with Gasteiger partial charge in [-0.25, -0.2) is 0 Å². The maximum atomic E-state index is 12.3. The van der Waals surface area contributed by atoms with Gasteiger partial charge in [0.05, 0.1) is 6.54 Å². The van der Waals surface area contributed by atoms with Crippen molar-refractivity contribution < 1.29 is 13.2 Å². The van der Waals surface area contributed by atoms with E-state index in [0.29, 0.717) is 13.0 Å². The van der Waals surface area contributed by atoms with Crippen molar-refractivity contribution in [3.63, 3.8) is 0 Å². The van der Waals surface area contributed by atoms with Crippen LogP contribution in [0.4, 0.5) is 13.2 Å². The van der Waals surface area contributed by atoms with Crippen molar-refractivity contribution in [2.75, 3.05) is 26.7 Å². The number of nitrogens with one attached hydrogen (secondary N) is 1. The minimum Gasteiger partial charge on any atom is -0.310 e. The highest BCUT2D eigenvalue weighted by atomic mass is 19.4. The number of halogens is 3. The van der Waals surface area contributed by atoms with Crippen LogP contribution in [-0.4, -0.2) is 37.8 Å². The van der Waals surface area contributed by atoms with Crippen molar-refractivity contribution in [2.24, 2.45) is 0 Å². The van der Waals surface area contributed by atoms with E-state index in [2.05, 4.69) is 12.2 Å². The van der Waals surface area contributed by atoms with Gasteiger partial charge in [0.2, 0.25) is 0 Å². The summed E-state index contributed by atoms with van der Waals surface area (Å²) in [4.78, 5) is 1.33. The Bertz CT molecular complexity index is 401. The molecule has 0 saturated heterocycles. The third-order valence-corrected chi connectivity index (χ3v) is 3.37. The first kappa shape index (κ1) is 18.0. The van der Waals surface area contributed by atoms with E-state index >= 15 is 0 Å². The number of rotatable bonds is 8. The van der Waals surface area contributed by atoms with Crippen LogP contribution in [0.25, 0.3) is 0 Å². The number of hydrogen-bond acceptors (Lipinski definition) is 2. The van der Waals surface area contributed by atoms with Crippen LogP contribution in [0, 0.1) is 6.92 Å². The Morgan fingerprint density at radius 2 is 1.81 bits per heavy atom. The summed E-state index contributed by atoms with van der Waals surface area (Å²) in [7, 11) is 1.51. The largest absolute Gasteiger partial charge is 0.401 e. The van der Waals surface area contributed by atoms with Crippen LogP contribution in [0.1, 0.15) is 36.9 Å². The van der Waals surface area contributed by atoms with E-state index in [1.54, 1.807) is 0 Å². The molecule has 0 aliphatic carbocycles. The first-order valence-electron chi connectivity index (χ1n) is 7.37. The number of alkyl halides is 3. The molecule has 0 spiro atoms. The van der Waals surface area contributed by atoms with E-state index in [-0.39, 0.29) is 6.04 Å². The predicted octanol–water partition coefficient (Wildman–Crippen LogP) is 3.92. The molecule has 21 heavy (non-hydrogen) atoms. The zero-order valence-electron chi connectivity index (χ0n) is 13.0. The van der Waals surface area contributed by atoms with Crippen LogP contribution in [0.3, 0.4) is 0 Å². The van der Waals surface area contributed by atoms with Gasteiger partial charge in [-0.3, -0.25) is 4.90 Å². The molecular weight excluding hydrogens is 277 g/mol. The molecule has 0 aliphatic heterocycles. The molecule has 0 heterocycles. The van der Waals surface area contributed by atoms with Gasteiger partial charge in [-0.2, -0.15) is 13.2 Å². The predicted molar refractivity (Wildman–Crippen MR) is 80.4 cm³/mol. The van der Waals surface area contributed by atoms with E-state index in [1.807, 2.05) is 31.2 Å². The van der Waals surface area contributed by atoms with Crippen LogP contribution in [0.5, 0.6) is 0 Å². The second kappa shape index (κ2) is 8.39. The lowest BCUT2D eigenvalue weighted by molar-refractivity contribution is -0.143. The third-order valence-electron chi connectivity index (χ3n) is 3.37. The van der Waals surface area contributed by atoms with Gasteiger partial charge in [-0.15, -0.1) is 0 Å². The molecule has 0 bridgehead atoms. The molecule has 5 heteroatoms. The van der Waals surface area contributed by atoms with Crippen molar-refractivity contribution in [1.29, 1.82) is 0 Å². The first-order valence-corrected chi connectivity index (χ1v) is 7.37. The van der Waals surface area contributed by atoms with E-state index in [9.17, 15) is 13.2 Å². The summed E-state index contributed by atoms with van der Waals surface area (Å²) in [6.07, 6.45) is -2.47. The topological polar surface area (TPSA) is 15.3 Å². The van der Waals surface area contributed by atoms with Gasteiger partial charge in [-0.05, 0) is 45.5 Å². The molecule has 1 N–H and O–H groups in total. The average Bonchev–Trinajstić information content (AvgIpc) is 2.38. The molecule has 0 amide bonds. The Morgan fingerprint density at radius 3 is 2.33 bits per heavy atom. The molecular formula is C16H25F3N2. The fraction of sp³-hybridized carbons (Fsp3) is 0.625. The molecule has 1 aromatic rings. The summed E-state index contributed by atoms with van der Waals surface area (Å²) in [6, 6.07) is 8.27. The summed E-state index contributed by atoms with van der Waals surface area (Å²) >= 11 is 0. The van der Waals surface area contributed by atoms with Crippen LogP contribution in [-0.2, 0) is 0 Å². The number of benzene rings is 1. The second-order valence-electron chi connectivity index (χ2n) is 5.56. The zero-order valence-corrected chi connectivity index (χ0v) is 13.0. The molecule has 1 atom stereocenters. The summed E-state index contributed by atoms with van der Waals surface area (Å²) in [5.74, 6) is 0. The van der Waals surface area contributed by atoms with E-state index in [0.717, 1.165) is 18.5 Å². The summed E-state index contributed by atoms with van der Waals surface area (Å²) in [5, 5.41) is 3.42. The van der Waals surface area contributed by atoms with Crippen molar-refractivity contribution in [1.82, 2.24) is 10.2 Å². The van der Waals surface area contributed by atoms with Crippen LogP contribution in [0.2, 0.25) is 0 Å². The Hall–Kier alpha value is -1.07. The average molecular weight is 302 g/mol. The minimum atomic E-state index is -4.13. The fourth-order valence-electron chi connectivity index (χ4n) is 2.24. The SMILES string of the molecule is CCCNC(CCN(C)CC(F)(F)F)c1ccc(C)cc1. The first-order chi connectivity index (χ1) is 9.81. The van der Waals surface area contributed by atoms with Gasteiger partial charge in [-0.1, -0.05) is 36.8 Å². The van der Waals surface area contributed by atoms with Crippen molar-refractivity contribution >= 4 is 0 Å². The summed E-state index contributed by atoms with van der Waals surface area (Å²) < 4.78 is 37.0. The normalized spacial score (nSPS) is 13.7. The van der Waals surface area contributed by atoms with Crippen molar-refractivity contribution in [3.05, 3.63) is 35.4 Å². The molecule has 0 saturated carbocycles. The molecule has 1 unspecified atom stereocenters. The highest BCUT2D eigenvalue weighted by molar-refractivity contribution is 5.24. The van der Waals surface area contributed by atoms with Crippen molar-refractivity contribution in [2.45, 2.75) is 38.9 Å². The van der Waals surface area contributed by atoms with E-state index in [1.165, 1.54) is 17.5 Å². The second-order valence-corrected chi connectivity index (χ2v) is 5.56. The summed E-state index contributed by atoms with van der Waals surface area (Å²) in [5.41, 5.74) is 2.32. The maximum absolute atomic E-state index is 12.3. The van der Waals surface area contributed by atoms with Crippen LogP contribution in [0.15, 0.2) is 24.3 Å². The zero-order chi connectivity index (χ0) is 15.9. The van der Waals surface area contributed by atoms with Crippen LogP contribution >= 0.6 is 0 Å². The number of hydrogen-bond donors (Lipinski definition) is 1. The van der Waals surface area contributed by atoms with Gasteiger partial charge < -0.3 is 5.32 Å². The number of aryl methyl sites for hydroxylation is 1.